The molecule has 36 heavy (non-hydrogen) atoms. The summed E-state index contributed by atoms with van der Waals surface area (Å²) in [6, 6.07) is 14.0. The Morgan fingerprint density at radius 3 is 1.97 bits per heavy atom. The van der Waals surface area contributed by atoms with Gasteiger partial charge in [-0.2, -0.15) is 0 Å². The minimum Gasteiger partial charge on any atom is -0.496 e. The standard InChI is InChI=1S/C26H27NO8S/c1-31-20-14-23(33-3)21(24(15-20)34-4)11-12-36(29,30)16-17-5-10-22(32-2)25(13-17)35-26(28)18-6-8-19(27)9-7-18/h5-15H,16,27H2,1-4H3. The number of hydrogen-bond acceptors (Lipinski definition) is 9. The molecule has 0 bridgehead atoms. The molecule has 9 nitrogen and oxygen atoms in total. The van der Waals surface area contributed by atoms with Crippen molar-refractivity contribution in [3.05, 3.63) is 76.7 Å². The monoisotopic (exact) mass is 513 g/mol. The van der Waals surface area contributed by atoms with Crippen molar-refractivity contribution >= 4 is 27.6 Å². The Bertz CT molecular complexity index is 1340. The third kappa shape index (κ3) is 6.48. The van der Waals surface area contributed by atoms with E-state index in [1.54, 1.807) is 30.3 Å². The molecule has 0 unspecified atom stereocenters. The van der Waals surface area contributed by atoms with E-state index in [9.17, 15) is 13.2 Å². The van der Waals surface area contributed by atoms with Gasteiger partial charge in [-0.15, -0.1) is 0 Å². The summed E-state index contributed by atoms with van der Waals surface area (Å²) in [6.07, 6.45) is 1.40. The molecule has 0 aliphatic heterocycles. The lowest BCUT2D eigenvalue weighted by molar-refractivity contribution is 0.0729. The molecule has 0 saturated carbocycles. The van der Waals surface area contributed by atoms with E-state index in [0.29, 0.717) is 34.1 Å². The highest BCUT2D eigenvalue weighted by Gasteiger charge is 2.17. The molecule has 190 valence electrons. The molecule has 0 atom stereocenters. The third-order valence-corrected chi connectivity index (χ3v) is 6.43. The summed E-state index contributed by atoms with van der Waals surface area (Å²) in [5.74, 6) is 0.672. The minimum atomic E-state index is -3.74. The van der Waals surface area contributed by atoms with Gasteiger partial charge in [-0.3, -0.25) is 0 Å². The van der Waals surface area contributed by atoms with Crippen LogP contribution in [0.1, 0.15) is 21.5 Å². The number of ether oxygens (including phenoxy) is 5. The van der Waals surface area contributed by atoms with Crippen LogP contribution < -0.4 is 29.4 Å². The van der Waals surface area contributed by atoms with Crippen LogP contribution in [0, 0.1) is 0 Å². The second-order valence-corrected chi connectivity index (χ2v) is 9.44. The summed E-state index contributed by atoms with van der Waals surface area (Å²) < 4.78 is 52.5. The number of esters is 1. The molecular weight excluding hydrogens is 486 g/mol. The molecule has 3 rings (SSSR count). The maximum atomic E-state index is 12.9. The highest BCUT2D eigenvalue weighted by atomic mass is 32.2. The number of benzene rings is 3. The van der Waals surface area contributed by atoms with Gasteiger partial charge < -0.3 is 29.4 Å². The Labute approximate surface area is 209 Å². The number of anilines is 1. The molecule has 0 saturated heterocycles. The molecule has 0 aromatic heterocycles. The van der Waals surface area contributed by atoms with Gasteiger partial charge in [-0.25, -0.2) is 13.2 Å². The molecule has 10 heteroatoms. The maximum Gasteiger partial charge on any atom is 0.343 e. The van der Waals surface area contributed by atoms with E-state index in [-0.39, 0.29) is 22.8 Å². The summed E-state index contributed by atoms with van der Waals surface area (Å²) in [7, 11) is 2.11. The predicted molar refractivity (Wildman–Crippen MR) is 137 cm³/mol. The molecule has 0 fully saturated rings. The summed E-state index contributed by atoms with van der Waals surface area (Å²) >= 11 is 0. The Kier molecular flexibility index (Phi) is 8.44. The Hall–Kier alpha value is -4.18. The van der Waals surface area contributed by atoms with Gasteiger partial charge in [0.2, 0.25) is 0 Å². The van der Waals surface area contributed by atoms with Crippen LogP contribution >= 0.6 is 0 Å². The van der Waals surface area contributed by atoms with Crippen LogP contribution in [0.5, 0.6) is 28.7 Å². The van der Waals surface area contributed by atoms with Crippen LogP contribution in [0.4, 0.5) is 5.69 Å². The zero-order chi connectivity index (χ0) is 26.3. The maximum absolute atomic E-state index is 12.9. The first-order valence-corrected chi connectivity index (χ1v) is 12.4. The molecule has 0 radical (unpaired) electrons. The highest BCUT2D eigenvalue weighted by Crippen LogP contribution is 2.35. The van der Waals surface area contributed by atoms with Gasteiger partial charge in [0, 0.05) is 23.2 Å². The number of methoxy groups -OCH3 is 4. The number of rotatable bonds is 10. The quantitative estimate of drug-likeness (QED) is 0.242. The second-order valence-electron chi connectivity index (χ2n) is 7.55. The summed E-state index contributed by atoms with van der Waals surface area (Å²) in [5, 5.41) is 1.07. The van der Waals surface area contributed by atoms with E-state index in [0.717, 1.165) is 5.41 Å². The fraction of sp³-hybridized carbons (Fsp3) is 0.192. The summed E-state index contributed by atoms with van der Waals surface area (Å²) in [4.78, 5) is 12.5. The van der Waals surface area contributed by atoms with Crippen LogP contribution in [-0.4, -0.2) is 42.8 Å². The van der Waals surface area contributed by atoms with E-state index in [1.165, 1.54) is 58.8 Å². The number of nitrogens with two attached hydrogens (primary N) is 1. The van der Waals surface area contributed by atoms with Crippen LogP contribution in [-0.2, 0) is 15.6 Å². The summed E-state index contributed by atoms with van der Waals surface area (Å²) in [6.45, 7) is 0. The number of carbonyl (C=O) groups is 1. The lowest BCUT2D eigenvalue weighted by Gasteiger charge is -2.13. The average molecular weight is 514 g/mol. The Morgan fingerprint density at radius 2 is 1.42 bits per heavy atom. The molecule has 0 aliphatic rings. The van der Waals surface area contributed by atoms with E-state index < -0.39 is 15.8 Å². The first-order valence-electron chi connectivity index (χ1n) is 10.6. The van der Waals surface area contributed by atoms with Gasteiger partial charge >= 0.3 is 5.97 Å². The van der Waals surface area contributed by atoms with E-state index in [2.05, 4.69) is 0 Å². The molecule has 2 N–H and O–H groups in total. The van der Waals surface area contributed by atoms with Crippen molar-refractivity contribution < 1.29 is 36.9 Å². The zero-order valence-electron chi connectivity index (χ0n) is 20.3. The van der Waals surface area contributed by atoms with Gasteiger partial charge in [0.1, 0.15) is 17.2 Å². The van der Waals surface area contributed by atoms with Gasteiger partial charge in [0.25, 0.3) is 0 Å². The first kappa shape index (κ1) is 26.4. The second kappa shape index (κ2) is 11.5. The smallest absolute Gasteiger partial charge is 0.343 e. The number of sulfone groups is 1. The van der Waals surface area contributed by atoms with Crippen LogP contribution in [0.3, 0.4) is 0 Å². The van der Waals surface area contributed by atoms with Gasteiger partial charge in [0.15, 0.2) is 21.3 Å². The number of hydrogen-bond donors (Lipinski definition) is 1. The number of nitrogen functional groups attached to an aromatic ring is 1. The number of carbonyl (C=O) groups excluding carboxylic acids is 1. The molecule has 3 aromatic carbocycles. The van der Waals surface area contributed by atoms with Gasteiger partial charge in [0.05, 0.1) is 45.3 Å². The molecule has 0 amide bonds. The van der Waals surface area contributed by atoms with Crippen molar-refractivity contribution in [3.8, 4) is 28.7 Å². The van der Waals surface area contributed by atoms with E-state index in [1.807, 2.05) is 0 Å². The van der Waals surface area contributed by atoms with E-state index >= 15 is 0 Å². The van der Waals surface area contributed by atoms with Crippen LogP contribution in [0.2, 0.25) is 0 Å². The first-order chi connectivity index (χ1) is 17.2. The van der Waals surface area contributed by atoms with Crippen molar-refractivity contribution in [1.82, 2.24) is 0 Å². The van der Waals surface area contributed by atoms with E-state index in [4.69, 9.17) is 29.4 Å². The predicted octanol–water partition coefficient (Wildman–Crippen LogP) is 4.11. The molecule has 3 aromatic rings. The van der Waals surface area contributed by atoms with Crippen molar-refractivity contribution in [2.45, 2.75) is 5.75 Å². The SMILES string of the molecule is COc1cc(OC)c(C=CS(=O)(=O)Cc2ccc(OC)c(OC(=O)c3ccc(N)cc3)c2)c(OC)c1. The molecule has 0 spiro atoms. The van der Waals surface area contributed by atoms with Gasteiger partial charge in [-0.1, -0.05) is 6.07 Å². The summed E-state index contributed by atoms with van der Waals surface area (Å²) in [5.41, 5.74) is 7.29. The van der Waals surface area contributed by atoms with Crippen LogP contribution in [0.25, 0.3) is 6.08 Å². The third-order valence-electron chi connectivity index (χ3n) is 5.14. The lowest BCUT2D eigenvalue weighted by atomic mass is 10.1. The topological polar surface area (TPSA) is 123 Å². The Morgan fingerprint density at radius 1 is 0.806 bits per heavy atom. The fourth-order valence-electron chi connectivity index (χ4n) is 3.32. The van der Waals surface area contributed by atoms with Crippen molar-refractivity contribution in [2.24, 2.45) is 0 Å². The van der Waals surface area contributed by atoms with Gasteiger partial charge in [-0.05, 0) is 48.0 Å². The molecule has 0 heterocycles. The van der Waals surface area contributed by atoms with Crippen molar-refractivity contribution in [2.75, 3.05) is 34.2 Å². The molecule has 0 aliphatic carbocycles. The van der Waals surface area contributed by atoms with Crippen molar-refractivity contribution in [3.63, 3.8) is 0 Å². The lowest BCUT2D eigenvalue weighted by Crippen LogP contribution is -2.10. The highest BCUT2D eigenvalue weighted by molar-refractivity contribution is 7.93. The fourth-order valence-corrected chi connectivity index (χ4v) is 4.40. The molecular formula is C26H27NO8S. The van der Waals surface area contributed by atoms with Crippen LogP contribution in [0.15, 0.2) is 60.0 Å². The minimum absolute atomic E-state index is 0.0921. The normalized spacial score (nSPS) is 11.2. The largest absolute Gasteiger partial charge is 0.496 e. The zero-order valence-corrected chi connectivity index (χ0v) is 21.1. The Balaban J connectivity index is 1.85. The average Bonchev–Trinajstić information content (AvgIpc) is 2.87. The van der Waals surface area contributed by atoms with Crippen molar-refractivity contribution in [1.29, 1.82) is 0 Å².